The number of nitrogens with zero attached hydrogens (tertiary/aromatic N) is 1. The van der Waals surface area contributed by atoms with Crippen molar-refractivity contribution in [3.05, 3.63) is 64.7 Å². The molecule has 0 atom stereocenters. The number of hydrogen-bond donors (Lipinski definition) is 0. The van der Waals surface area contributed by atoms with Crippen LogP contribution < -0.4 is 4.74 Å². The van der Waals surface area contributed by atoms with Gasteiger partial charge in [-0.25, -0.2) is 0 Å². The van der Waals surface area contributed by atoms with Gasteiger partial charge in [0.05, 0.1) is 0 Å². The monoisotopic (exact) mass is 379 g/mol. The van der Waals surface area contributed by atoms with Gasteiger partial charge in [0.15, 0.2) is 0 Å². The molecule has 150 valence electrons. The van der Waals surface area contributed by atoms with Gasteiger partial charge in [-0.1, -0.05) is 58.0 Å². The van der Waals surface area contributed by atoms with Crippen LogP contribution in [0.1, 0.15) is 85.8 Å². The predicted molar refractivity (Wildman–Crippen MR) is 115 cm³/mol. The standard InChI is InChI=1S/C25H33NO2/c1-18(2)22-15-21(25(27)26-13-9-6-10-14-26)16-23(19(3)4)24(22)28-17-20-11-7-5-8-12-20/h5,7-8,11-12,15-16,18-19H,6,9-10,13-14,17H2,1-4H3. The minimum Gasteiger partial charge on any atom is -0.488 e. The molecular weight excluding hydrogens is 346 g/mol. The molecule has 0 aliphatic carbocycles. The van der Waals surface area contributed by atoms with E-state index in [1.54, 1.807) is 0 Å². The highest BCUT2D eigenvalue weighted by Gasteiger charge is 2.23. The Kier molecular flexibility index (Phi) is 6.77. The summed E-state index contributed by atoms with van der Waals surface area (Å²) in [5.74, 6) is 1.69. The summed E-state index contributed by atoms with van der Waals surface area (Å²) in [5, 5.41) is 0. The number of rotatable bonds is 6. The van der Waals surface area contributed by atoms with Crippen LogP contribution in [0.3, 0.4) is 0 Å². The fraction of sp³-hybridized carbons (Fsp3) is 0.480. The molecule has 1 amide bonds. The molecule has 3 rings (SSSR count). The first-order valence-corrected chi connectivity index (χ1v) is 10.6. The van der Waals surface area contributed by atoms with Gasteiger partial charge in [0.2, 0.25) is 0 Å². The van der Waals surface area contributed by atoms with Crippen molar-refractivity contribution in [3.8, 4) is 5.75 Å². The molecule has 1 aliphatic heterocycles. The maximum atomic E-state index is 13.1. The molecule has 1 fully saturated rings. The largest absolute Gasteiger partial charge is 0.488 e. The smallest absolute Gasteiger partial charge is 0.253 e. The van der Waals surface area contributed by atoms with Crippen molar-refractivity contribution in [1.29, 1.82) is 0 Å². The highest BCUT2D eigenvalue weighted by molar-refractivity contribution is 5.95. The maximum absolute atomic E-state index is 13.1. The van der Waals surface area contributed by atoms with E-state index in [1.807, 2.05) is 23.1 Å². The predicted octanol–water partition coefficient (Wildman–Crippen LogP) is 6.14. The molecule has 0 spiro atoms. The molecule has 0 radical (unpaired) electrons. The lowest BCUT2D eigenvalue weighted by Gasteiger charge is -2.28. The molecule has 3 nitrogen and oxygen atoms in total. The first kappa shape index (κ1) is 20.4. The van der Waals surface area contributed by atoms with Crippen molar-refractivity contribution in [2.75, 3.05) is 13.1 Å². The van der Waals surface area contributed by atoms with E-state index in [1.165, 1.54) is 6.42 Å². The molecule has 1 saturated heterocycles. The van der Waals surface area contributed by atoms with Gasteiger partial charge in [-0.3, -0.25) is 4.79 Å². The lowest BCUT2D eigenvalue weighted by molar-refractivity contribution is 0.0724. The Morgan fingerprint density at radius 3 is 2.04 bits per heavy atom. The highest BCUT2D eigenvalue weighted by Crippen LogP contribution is 2.37. The van der Waals surface area contributed by atoms with Crippen molar-refractivity contribution in [1.82, 2.24) is 4.90 Å². The molecule has 0 aromatic heterocycles. The van der Waals surface area contributed by atoms with Crippen molar-refractivity contribution in [3.63, 3.8) is 0 Å². The molecule has 2 aromatic rings. The maximum Gasteiger partial charge on any atom is 0.253 e. The summed E-state index contributed by atoms with van der Waals surface area (Å²) in [4.78, 5) is 15.1. The molecule has 0 N–H and O–H groups in total. The molecular formula is C25H33NO2. The number of likely N-dealkylation sites (tertiary alicyclic amines) is 1. The minimum absolute atomic E-state index is 0.165. The zero-order valence-electron chi connectivity index (χ0n) is 17.7. The van der Waals surface area contributed by atoms with Crippen molar-refractivity contribution in [2.45, 2.75) is 65.4 Å². The normalized spacial score (nSPS) is 14.6. The quantitative estimate of drug-likeness (QED) is 0.603. The Morgan fingerprint density at radius 2 is 1.50 bits per heavy atom. The second-order valence-electron chi connectivity index (χ2n) is 8.42. The zero-order chi connectivity index (χ0) is 20.1. The highest BCUT2D eigenvalue weighted by atomic mass is 16.5. The topological polar surface area (TPSA) is 29.5 Å². The molecule has 0 saturated carbocycles. The summed E-state index contributed by atoms with van der Waals surface area (Å²) >= 11 is 0. The van der Waals surface area contributed by atoms with Gasteiger partial charge in [-0.15, -0.1) is 0 Å². The van der Waals surface area contributed by atoms with E-state index in [0.717, 1.165) is 53.9 Å². The average molecular weight is 380 g/mol. The van der Waals surface area contributed by atoms with E-state index in [-0.39, 0.29) is 17.7 Å². The first-order chi connectivity index (χ1) is 13.5. The molecule has 3 heteroatoms. The van der Waals surface area contributed by atoms with Crippen LogP contribution in [0.5, 0.6) is 5.75 Å². The summed E-state index contributed by atoms with van der Waals surface area (Å²) < 4.78 is 6.33. The van der Waals surface area contributed by atoms with Crippen LogP contribution >= 0.6 is 0 Å². The molecule has 28 heavy (non-hydrogen) atoms. The average Bonchev–Trinajstić information content (AvgIpc) is 2.72. The van der Waals surface area contributed by atoms with Gasteiger partial charge in [-0.2, -0.15) is 0 Å². The number of hydrogen-bond acceptors (Lipinski definition) is 2. The number of amides is 1. The second-order valence-corrected chi connectivity index (χ2v) is 8.42. The summed E-state index contributed by atoms with van der Waals surface area (Å²) in [6.07, 6.45) is 3.45. The lowest BCUT2D eigenvalue weighted by Crippen LogP contribution is -2.35. The summed E-state index contributed by atoms with van der Waals surface area (Å²) in [6.45, 7) is 11.0. The lowest BCUT2D eigenvalue weighted by atomic mass is 9.91. The number of ether oxygens (including phenoxy) is 1. The van der Waals surface area contributed by atoms with Crippen LogP contribution in [0, 0.1) is 0 Å². The summed E-state index contributed by atoms with van der Waals surface area (Å²) in [7, 11) is 0. The van der Waals surface area contributed by atoms with Gasteiger partial charge in [0.1, 0.15) is 12.4 Å². The third-order valence-corrected chi connectivity index (χ3v) is 5.51. The van der Waals surface area contributed by atoms with E-state index in [0.29, 0.717) is 6.61 Å². The Bertz CT molecular complexity index is 760. The van der Waals surface area contributed by atoms with Crippen LogP contribution in [-0.2, 0) is 6.61 Å². The Hall–Kier alpha value is -2.29. The Balaban J connectivity index is 1.95. The van der Waals surface area contributed by atoms with Crippen molar-refractivity contribution in [2.24, 2.45) is 0 Å². The van der Waals surface area contributed by atoms with Gasteiger partial charge in [0, 0.05) is 18.7 Å². The Labute approximate surface area is 169 Å². The summed E-state index contributed by atoms with van der Waals surface area (Å²) in [6, 6.07) is 14.4. The second kappa shape index (κ2) is 9.27. The van der Waals surface area contributed by atoms with E-state index < -0.39 is 0 Å². The molecule has 0 bridgehead atoms. The van der Waals surface area contributed by atoms with Crippen LogP contribution in [-0.4, -0.2) is 23.9 Å². The molecule has 1 aliphatic rings. The number of piperidine rings is 1. The third kappa shape index (κ3) is 4.76. The number of carbonyl (C=O) groups is 1. The van der Waals surface area contributed by atoms with Crippen LogP contribution in [0.15, 0.2) is 42.5 Å². The van der Waals surface area contributed by atoms with Gasteiger partial charge in [-0.05, 0) is 59.9 Å². The van der Waals surface area contributed by atoms with Gasteiger partial charge >= 0.3 is 0 Å². The molecule has 1 heterocycles. The van der Waals surface area contributed by atoms with E-state index in [4.69, 9.17) is 4.74 Å². The third-order valence-electron chi connectivity index (χ3n) is 5.51. The van der Waals surface area contributed by atoms with E-state index in [2.05, 4.69) is 52.0 Å². The van der Waals surface area contributed by atoms with E-state index in [9.17, 15) is 4.79 Å². The van der Waals surface area contributed by atoms with E-state index >= 15 is 0 Å². The number of carbonyl (C=O) groups excluding carboxylic acids is 1. The van der Waals surface area contributed by atoms with Gasteiger partial charge in [0.25, 0.3) is 5.91 Å². The van der Waals surface area contributed by atoms with Crippen molar-refractivity contribution >= 4 is 5.91 Å². The SMILES string of the molecule is CC(C)c1cc(C(=O)N2CCCCC2)cc(C(C)C)c1OCc1ccccc1. The minimum atomic E-state index is 0.165. The van der Waals surface area contributed by atoms with Crippen LogP contribution in [0.2, 0.25) is 0 Å². The van der Waals surface area contributed by atoms with Crippen LogP contribution in [0.4, 0.5) is 0 Å². The molecule has 0 unspecified atom stereocenters. The first-order valence-electron chi connectivity index (χ1n) is 10.6. The van der Waals surface area contributed by atoms with Crippen LogP contribution in [0.25, 0.3) is 0 Å². The van der Waals surface area contributed by atoms with Crippen molar-refractivity contribution < 1.29 is 9.53 Å². The molecule has 2 aromatic carbocycles. The number of benzene rings is 2. The summed E-state index contributed by atoms with van der Waals surface area (Å²) in [5.41, 5.74) is 4.21. The zero-order valence-corrected chi connectivity index (χ0v) is 17.7. The fourth-order valence-electron chi connectivity index (χ4n) is 3.83. The van der Waals surface area contributed by atoms with Gasteiger partial charge < -0.3 is 9.64 Å². The Morgan fingerprint density at radius 1 is 0.929 bits per heavy atom. The fourth-order valence-corrected chi connectivity index (χ4v) is 3.83.